The third-order valence-corrected chi connectivity index (χ3v) is 1.92. The van der Waals surface area contributed by atoms with Crippen molar-refractivity contribution in [2.24, 2.45) is 5.16 Å². The van der Waals surface area contributed by atoms with E-state index in [-0.39, 0.29) is 0 Å². The molecule has 0 spiro atoms. The lowest BCUT2D eigenvalue weighted by Crippen LogP contribution is -2.13. The quantitative estimate of drug-likeness (QED) is 0.446. The summed E-state index contributed by atoms with van der Waals surface area (Å²) in [5.41, 5.74) is 0.747. The van der Waals surface area contributed by atoms with Crippen LogP contribution in [-0.4, -0.2) is 27.3 Å². The van der Waals surface area contributed by atoms with Gasteiger partial charge in [0.2, 0.25) is 0 Å². The molecule has 0 saturated carbocycles. The van der Waals surface area contributed by atoms with Crippen molar-refractivity contribution in [3.05, 3.63) is 30.6 Å². The summed E-state index contributed by atoms with van der Waals surface area (Å²) in [5.74, 6) is -0.163. The van der Waals surface area contributed by atoms with Crippen molar-refractivity contribution in [3.63, 3.8) is 0 Å². The van der Waals surface area contributed by atoms with Gasteiger partial charge in [-0.15, -0.1) is 0 Å². The summed E-state index contributed by atoms with van der Waals surface area (Å²) in [5, 5.41) is 14.1. The number of hydrogen-bond donors (Lipinski definition) is 2. The number of fused-ring (bicyclic) bond motifs is 1. The van der Waals surface area contributed by atoms with E-state index in [1.807, 2.05) is 6.07 Å². The lowest BCUT2D eigenvalue weighted by atomic mass is 10.2. The summed E-state index contributed by atoms with van der Waals surface area (Å²) in [7, 11) is 0. The average molecular weight is 216 g/mol. The topological polar surface area (TPSA) is 87.5 Å². The molecule has 0 aliphatic rings. The first-order valence-electron chi connectivity index (χ1n) is 4.49. The number of carbonyl (C=O) groups excluding carboxylic acids is 1. The second kappa shape index (κ2) is 4.35. The number of amides is 1. The molecule has 0 aliphatic carbocycles. The highest BCUT2D eigenvalue weighted by molar-refractivity contribution is 6.31. The first kappa shape index (κ1) is 10.0. The van der Waals surface area contributed by atoms with Crippen LogP contribution in [0.2, 0.25) is 0 Å². The molecule has 0 aromatic carbocycles. The summed E-state index contributed by atoms with van der Waals surface area (Å²) in [6.07, 6.45) is 3.98. The monoisotopic (exact) mass is 216 g/mol. The zero-order chi connectivity index (χ0) is 11.4. The second-order valence-electron chi connectivity index (χ2n) is 3.00. The molecule has 0 radical (unpaired) electrons. The van der Waals surface area contributed by atoms with Crippen molar-refractivity contribution in [2.75, 3.05) is 5.32 Å². The Hall–Kier alpha value is -2.50. The number of anilines is 1. The number of nitrogens with one attached hydrogen (secondary N) is 1. The van der Waals surface area contributed by atoms with Gasteiger partial charge < -0.3 is 10.5 Å². The van der Waals surface area contributed by atoms with E-state index in [2.05, 4.69) is 20.4 Å². The fraction of sp³-hybridized carbons (Fsp3) is 0. The van der Waals surface area contributed by atoms with Crippen LogP contribution in [0.5, 0.6) is 0 Å². The van der Waals surface area contributed by atoms with E-state index in [0.29, 0.717) is 5.82 Å². The van der Waals surface area contributed by atoms with Crippen LogP contribution in [0.3, 0.4) is 0 Å². The molecule has 2 N–H and O–H groups in total. The lowest BCUT2D eigenvalue weighted by Gasteiger charge is -2.01. The van der Waals surface area contributed by atoms with E-state index in [4.69, 9.17) is 5.21 Å². The Morgan fingerprint density at radius 3 is 3.19 bits per heavy atom. The minimum Gasteiger partial charge on any atom is -0.411 e. The molecule has 0 aliphatic heterocycles. The third kappa shape index (κ3) is 2.11. The van der Waals surface area contributed by atoms with Gasteiger partial charge in [-0.25, -0.2) is 4.98 Å². The maximum atomic E-state index is 11.1. The molecule has 80 valence electrons. The molecule has 6 nitrogen and oxygen atoms in total. The molecule has 2 aromatic rings. The van der Waals surface area contributed by atoms with Crippen LogP contribution in [-0.2, 0) is 4.79 Å². The van der Waals surface area contributed by atoms with Crippen molar-refractivity contribution in [1.29, 1.82) is 0 Å². The number of rotatable bonds is 2. The van der Waals surface area contributed by atoms with Crippen LogP contribution in [0.25, 0.3) is 10.9 Å². The zero-order valence-electron chi connectivity index (χ0n) is 8.16. The van der Waals surface area contributed by atoms with Gasteiger partial charge in [-0.05, 0) is 12.1 Å². The maximum Gasteiger partial charge on any atom is 0.271 e. The van der Waals surface area contributed by atoms with Crippen LogP contribution in [0, 0.1) is 0 Å². The number of oxime groups is 1. The van der Waals surface area contributed by atoms with E-state index >= 15 is 0 Å². The number of pyridine rings is 2. The summed E-state index contributed by atoms with van der Waals surface area (Å²) in [6.45, 7) is 0. The van der Waals surface area contributed by atoms with Crippen molar-refractivity contribution in [1.82, 2.24) is 9.97 Å². The van der Waals surface area contributed by atoms with Crippen molar-refractivity contribution >= 4 is 28.8 Å². The van der Waals surface area contributed by atoms with Crippen LogP contribution < -0.4 is 5.32 Å². The maximum absolute atomic E-state index is 11.1. The highest BCUT2D eigenvalue weighted by Gasteiger charge is 2.01. The normalized spacial score (nSPS) is 10.8. The molecule has 2 aromatic heterocycles. The molecule has 6 heteroatoms. The van der Waals surface area contributed by atoms with E-state index in [9.17, 15) is 4.79 Å². The van der Waals surface area contributed by atoms with Crippen LogP contribution >= 0.6 is 0 Å². The first-order chi connectivity index (χ1) is 7.79. The molecule has 0 atom stereocenters. The summed E-state index contributed by atoms with van der Waals surface area (Å²) >= 11 is 0. The van der Waals surface area contributed by atoms with E-state index in [1.54, 1.807) is 24.5 Å². The molecular formula is C10H8N4O2. The van der Waals surface area contributed by atoms with Gasteiger partial charge in [0.05, 0.1) is 11.7 Å². The predicted molar refractivity (Wildman–Crippen MR) is 58.4 cm³/mol. The largest absolute Gasteiger partial charge is 0.411 e. The smallest absolute Gasteiger partial charge is 0.271 e. The van der Waals surface area contributed by atoms with E-state index < -0.39 is 5.91 Å². The van der Waals surface area contributed by atoms with Gasteiger partial charge in [0, 0.05) is 11.6 Å². The highest BCUT2D eigenvalue weighted by Crippen LogP contribution is 2.13. The molecule has 0 unspecified atom stereocenters. The van der Waals surface area contributed by atoms with Crippen molar-refractivity contribution < 1.29 is 10.0 Å². The van der Waals surface area contributed by atoms with E-state index in [1.165, 1.54) is 0 Å². The molecule has 0 saturated heterocycles. The molecule has 16 heavy (non-hydrogen) atoms. The average Bonchev–Trinajstić information content (AvgIpc) is 2.29. The third-order valence-electron chi connectivity index (χ3n) is 1.92. The standard InChI is InChI=1S/C10H8N4O2/c15-10(6-13-16)14-9-4-7-2-1-3-11-8(7)5-12-9/h1-6,16H,(H,12,14,15)/b13-6-. The number of aromatic nitrogens is 2. The lowest BCUT2D eigenvalue weighted by molar-refractivity contribution is -0.110. The van der Waals surface area contributed by atoms with Crippen molar-refractivity contribution in [2.45, 2.75) is 0 Å². The Bertz CT molecular complexity index is 553. The van der Waals surface area contributed by atoms with Gasteiger partial charge in [0.1, 0.15) is 12.0 Å². The molecule has 0 fully saturated rings. The summed E-state index contributed by atoms with van der Waals surface area (Å²) in [4.78, 5) is 19.2. The fourth-order valence-electron chi connectivity index (χ4n) is 1.25. The Morgan fingerprint density at radius 1 is 1.50 bits per heavy atom. The van der Waals surface area contributed by atoms with Gasteiger partial charge >= 0.3 is 0 Å². The van der Waals surface area contributed by atoms with Gasteiger partial charge in [-0.2, -0.15) is 0 Å². The Labute approximate surface area is 90.6 Å². The van der Waals surface area contributed by atoms with Gasteiger partial charge in [0.15, 0.2) is 0 Å². The van der Waals surface area contributed by atoms with Gasteiger partial charge in [-0.1, -0.05) is 11.2 Å². The van der Waals surface area contributed by atoms with Crippen molar-refractivity contribution in [3.8, 4) is 0 Å². The van der Waals surface area contributed by atoms with Crippen LogP contribution in [0.15, 0.2) is 35.7 Å². The Morgan fingerprint density at radius 2 is 2.38 bits per heavy atom. The number of carbonyl (C=O) groups is 1. The van der Waals surface area contributed by atoms with Gasteiger partial charge in [-0.3, -0.25) is 9.78 Å². The molecular weight excluding hydrogens is 208 g/mol. The molecule has 1 amide bonds. The molecule has 2 rings (SSSR count). The number of nitrogens with zero attached hydrogens (tertiary/aromatic N) is 3. The Kier molecular flexibility index (Phi) is 2.73. The highest BCUT2D eigenvalue weighted by atomic mass is 16.4. The van der Waals surface area contributed by atoms with E-state index in [0.717, 1.165) is 17.1 Å². The SMILES string of the molecule is O=C(/C=N\O)Nc1cc2cccnc2cn1. The summed E-state index contributed by atoms with van der Waals surface area (Å²) in [6, 6.07) is 5.34. The number of hydrogen-bond acceptors (Lipinski definition) is 5. The minimum absolute atomic E-state index is 0.380. The predicted octanol–water partition coefficient (Wildman–Crippen LogP) is 1.03. The van der Waals surface area contributed by atoms with Gasteiger partial charge in [0.25, 0.3) is 5.91 Å². The minimum atomic E-state index is -0.543. The fourth-order valence-corrected chi connectivity index (χ4v) is 1.25. The second-order valence-corrected chi connectivity index (χ2v) is 3.00. The molecule has 2 heterocycles. The van der Waals surface area contributed by atoms with Crippen LogP contribution in [0.4, 0.5) is 5.82 Å². The first-order valence-corrected chi connectivity index (χ1v) is 4.49. The van der Waals surface area contributed by atoms with Crippen LogP contribution in [0.1, 0.15) is 0 Å². The Balaban J connectivity index is 2.29. The zero-order valence-corrected chi connectivity index (χ0v) is 8.16. The summed E-state index contributed by atoms with van der Waals surface area (Å²) < 4.78 is 0. The molecule has 0 bridgehead atoms.